The van der Waals surface area contributed by atoms with Gasteiger partial charge in [-0.1, -0.05) is 0 Å². The van der Waals surface area contributed by atoms with Crippen LogP contribution in [0.2, 0.25) is 0 Å². The van der Waals surface area contributed by atoms with Crippen molar-refractivity contribution in [1.29, 1.82) is 0 Å². The molecule has 1 aliphatic rings. The van der Waals surface area contributed by atoms with Gasteiger partial charge in [0.2, 0.25) is 11.8 Å². The topological polar surface area (TPSA) is 71.5 Å². The summed E-state index contributed by atoms with van der Waals surface area (Å²) in [5.41, 5.74) is 2.91. The van der Waals surface area contributed by atoms with Gasteiger partial charge in [-0.25, -0.2) is 4.98 Å². The molecule has 0 unspecified atom stereocenters. The second-order valence-corrected chi connectivity index (χ2v) is 5.89. The zero-order valence-corrected chi connectivity index (χ0v) is 14.4. The molecule has 0 atom stereocenters. The molecule has 0 spiro atoms. The van der Waals surface area contributed by atoms with E-state index >= 15 is 0 Å². The Morgan fingerprint density at radius 1 is 1.36 bits per heavy atom. The molecule has 3 rings (SSSR count). The van der Waals surface area contributed by atoms with Crippen LogP contribution in [0.3, 0.4) is 0 Å². The number of rotatable bonds is 5. The summed E-state index contributed by atoms with van der Waals surface area (Å²) in [6.45, 7) is 4.97. The minimum absolute atomic E-state index is 0.150. The van der Waals surface area contributed by atoms with E-state index < -0.39 is 0 Å². The molecular formula is C19H21N3O3. The van der Waals surface area contributed by atoms with Gasteiger partial charge in [-0.05, 0) is 56.2 Å². The maximum atomic E-state index is 12.5. The standard InChI is InChI=1S/C19H21N3O3/c1-3-25-19-15(6-4-10-20-19)18(24)21-14-8-9-16(13(2)12-14)22-11-5-7-17(22)23/h4,6,8-10,12H,3,5,7,11H2,1-2H3,(H,21,24). The molecule has 0 saturated carbocycles. The first-order valence-electron chi connectivity index (χ1n) is 8.40. The van der Waals surface area contributed by atoms with Gasteiger partial charge in [-0.15, -0.1) is 0 Å². The number of aromatic nitrogens is 1. The molecule has 130 valence electrons. The minimum Gasteiger partial charge on any atom is -0.477 e. The molecule has 0 radical (unpaired) electrons. The number of pyridine rings is 1. The summed E-state index contributed by atoms with van der Waals surface area (Å²) in [7, 11) is 0. The second kappa shape index (κ2) is 7.34. The summed E-state index contributed by atoms with van der Waals surface area (Å²) in [5.74, 6) is 0.191. The van der Waals surface area contributed by atoms with E-state index in [2.05, 4.69) is 10.3 Å². The lowest BCUT2D eigenvalue weighted by atomic mass is 10.1. The van der Waals surface area contributed by atoms with Gasteiger partial charge in [0.1, 0.15) is 5.56 Å². The van der Waals surface area contributed by atoms with Crippen molar-refractivity contribution >= 4 is 23.2 Å². The van der Waals surface area contributed by atoms with Crippen molar-refractivity contribution in [3.8, 4) is 5.88 Å². The summed E-state index contributed by atoms with van der Waals surface area (Å²) in [6, 6.07) is 8.93. The fourth-order valence-corrected chi connectivity index (χ4v) is 2.95. The highest BCUT2D eigenvalue weighted by Gasteiger charge is 2.23. The predicted molar refractivity (Wildman–Crippen MR) is 96.1 cm³/mol. The van der Waals surface area contributed by atoms with Crippen LogP contribution in [0, 0.1) is 6.92 Å². The van der Waals surface area contributed by atoms with Crippen molar-refractivity contribution in [2.45, 2.75) is 26.7 Å². The maximum Gasteiger partial charge on any atom is 0.261 e. The summed E-state index contributed by atoms with van der Waals surface area (Å²) < 4.78 is 5.40. The summed E-state index contributed by atoms with van der Waals surface area (Å²) in [5, 5.41) is 2.86. The number of hydrogen-bond donors (Lipinski definition) is 1. The van der Waals surface area contributed by atoms with Gasteiger partial charge < -0.3 is 15.0 Å². The van der Waals surface area contributed by atoms with E-state index in [-0.39, 0.29) is 11.8 Å². The van der Waals surface area contributed by atoms with Gasteiger partial charge in [0, 0.05) is 30.5 Å². The Morgan fingerprint density at radius 3 is 2.88 bits per heavy atom. The van der Waals surface area contributed by atoms with Crippen LogP contribution >= 0.6 is 0 Å². The van der Waals surface area contributed by atoms with Crippen LogP contribution < -0.4 is 15.0 Å². The Morgan fingerprint density at radius 2 is 2.20 bits per heavy atom. The van der Waals surface area contributed by atoms with Crippen LogP contribution in [0.25, 0.3) is 0 Å². The molecule has 1 aromatic heterocycles. The largest absolute Gasteiger partial charge is 0.477 e. The first kappa shape index (κ1) is 17.0. The highest BCUT2D eigenvalue weighted by atomic mass is 16.5. The number of hydrogen-bond acceptors (Lipinski definition) is 4. The zero-order chi connectivity index (χ0) is 17.8. The molecule has 1 saturated heterocycles. The van der Waals surface area contributed by atoms with E-state index in [1.807, 2.05) is 32.0 Å². The van der Waals surface area contributed by atoms with Crippen LogP contribution in [0.5, 0.6) is 5.88 Å². The normalized spacial score (nSPS) is 13.8. The van der Waals surface area contributed by atoms with Crippen molar-refractivity contribution in [3.63, 3.8) is 0 Å². The van der Waals surface area contributed by atoms with E-state index in [1.165, 1.54) is 0 Å². The number of aryl methyl sites for hydroxylation is 1. The number of amides is 2. The molecule has 0 aliphatic carbocycles. The molecule has 1 aromatic carbocycles. The van der Waals surface area contributed by atoms with Crippen molar-refractivity contribution in [2.75, 3.05) is 23.4 Å². The number of carbonyl (C=O) groups excluding carboxylic acids is 2. The Labute approximate surface area is 146 Å². The molecule has 1 N–H and O–H groups in total. The quantitative estimate of drug-likeness (QED) is 0.908. The smallest absolute Gasteiger partial charge is 0.261 e. The van der Waals surface area contributed by atoms with Gasteiger partial charge >= 0.3 is 0 Å². The van der Waals surface area contributed by atoms with Gasteiger partial charge in [0.05, 0.1) is 6.61 Å². The van der Waals surface area contributed by atoms with Gasteiger partial charge in [0.25, 0.3) is 5.91 Å². The molecule has 2 amide bonds. The fourth-order valence-electron chi connectivity index (χ4n) is 2.95. The number of anilines is 2. The van der Waals surface area contributed by atoms with Gasteiger partial charge in [-0.2, -0.15) is 0 Å². The van der Waals surface area contributed by atoms with Crippen LogP contribution in [0.15, 0.2) is 36.5 Å². The molecule has 1 fully saturated rings. The molecule has 2 heterocycles. The van der Waals surface area contributed by atoms with Gasteiger partial charge in [0.15, 0.2) is 0 Å². The Balaban J connectivity index is 1.78. The lowest BCUT2D eigenvalue weighted by Crippen LogP contribution is -2.24. The van der Waals surface area contributed by atoms with Crippen molar-refractivity contribution in [1.82, 2.24) is 4.98 Å². The minimum atomic E-state index is -0.277. The third-order valence-electron chi connectivity index (χ3n) is 4.12. The van der Waals surface area contributed by atoms with Crippen LogP contribution in [0.4, 0.5) is 11.4 Å². The summed E-state index contributed by atoms with van der Waals surface area (Å²) in [4.78, 5) is 30.3. The maximum absolute atomic E-state index is 12.5. The average molecular weight is 339 g/mol. The van der Waals surface area contributed by atoms with Crippen molar-refractivity contribution < 1.29 is 14.3 Å². The van der Waals surface area contributed by atoms with Crippen LogP contribution in [-0.4, -0.2) is 29.9 Å². The van der Waals surface area contributed by atoms with E-state index in [0.29, 0.717) is 30.2 Å². The van der Waals surface area contributed by atoms with E-state index in [0.717, 1.165) is 24.2 Å². The predicted octanol–water partition coefficient (Wildman–Crippen LogP) is 3.17. The Hall–Kier alpha value is -2.89. The van der Waals surface area contributed by atoms with Crippen LogP contribution in [-0.2, 0) is 4.79 Å². The second-order valence-electron chi connectivity index (χ2n) is 5.89. The lowest BCUT2D eigenvalue weighted by molar-refractivity contribution is -0.117. The molecular weight excluding hydrogens is 318 g/mol. The van der Waals surface area contributed by atoms with Crippen molar-refractivity contribution in [3.05, 3.63) is 47.7 Å². The molecule has 2 aromatic rings. The van der Waals surface area contributed by atoms with E-state index in [1.54, 1.807) is 23.2 Å². The van der Waals surface area contributed by atoms with Crippen LogP contribution in [0.1, 0.15) is 35.7 Å². The first-order valence-corrected chi connectivity index (χ1v) is 8.40. The van der Waals surface area contributed by atoms with E-state index in [9.17, 15) is 9.59 Å². The number of carbonyl (C=O) groups is 2. The third-order valence-corrected chi connectivity index (χ3v) is 4.12. The third kappa shape index (κ3) is 3.63. The summed E-state index contributed by atoms with van der Waals surface area (Å²) >= 11 is 0. The molecule has 25 heavy (non-hydrogen) atoms. The number of nitrogens with one attached hydrogen (secondary N) is 1. The molecule has 6 nitrogen and oxygen atoms in total. The number of nitrogens with zero attached hydrogens (tertiary/aromatic N) is 2. The van der Waals surface area contributed by atoms with E-state index in [4.69, 9.17) is 4.74 Å². The molecule has 6 heteroatoms. The molecule has 0 bridgehead atoms. The SMILES string of the molecule is CCOc1ncccc1C(=O)Nc1ccc(N2CCCC2=O)c(C)c1. The number of benzene rings is 1. The number of ether oxygens (including phenoxy) is 1. The highest BCUT2D eigenvalue weighted by molar-refractivity contribution is 6.06. The average Bonchev–Trinajstić information content (AvgIpc) is 3.01. The van der Waals surface area contributed by atoms with Gasteiger partial charge in [-0.3, -0.25) is 9.59 Å². The summed E-state index contributed by atoms with van der Waals surface area (Å²) in [6.07, 6.45) is 3.07. The zero-order valence-electron chi connectivity index (χ0n) is 14.4. The first-order chi connectivity index (χ1) is 12.1. The fraction of sp³-hybridized carbons (Fsp3) is 0.316. The molecule has 1 aliphatic heterocycles. The van der Waals surface area contributed by atoms with Crippen molar-refractivity contribution in [2.24, 2.45) is 0 Å². The Bertz CT molecular complexity index is 804. The monoisotopic (exact) mass is 339 g/mol. The highest BCUT2D eigenvalue weighted by Crippen LogP contribution is 2.28. The lowest BCUT2D eigenvalue weighted by Gasteiger charge is -2.19. The Kier molecular flexibility index (Phi) is 4.97.